The highest BCUT2D eigenvalue weighted by Crippen LogP contribution is 2.39. The predicted octanol–water partition coefficient (Wildman–Crippen LogP) is 1.46. The molecule has 0 bridgehead atoms. The van der Waals surface area contributed by atoms with Crippen LogP contribution in [0.4, 0.5) is 8.78 Å². The van der Waals surface area contributed by atoms with E-state index >= 15 is 0 Å². The Labute approximate surface area is 152 Å². The number of nitrogens with one attached hydrogen (secondary N) is 1. The Bertz CT molecular complexity index is 698. The van der Waals surface area contributed by atoms with E-state index in [1.807, 2.05) is 6.92 Å². The van der Waals surface area contributed by atoms with Crippen molar-refractivity contribution >= 4 is 10.0 Å². The van der Waals surface area contributed by atoms with Gasteiger partial charge in [0.05, 0.1) is 19.4 Å². The zero-order chi connectivity index (χ0) is 18.8. The lowest BCUT2D eigenvalue weighted by Crippen LogP contribution is -2.62. The summed E-state index contributed by atoms with van der Waals surface area (Å²) < 4.78 is 59.5. The number of nitrogens with zero attached hydrogens (tertiary/aromatic N) is 3. The van der Waals surface area contributed by atoms with Crippen LogP contribution < -0.4 is 4.72 Å². The molecule has 3 rings (SSSR count). The molecule has 10 heteroatoms. The van der Waals surface area contributed by atoms with Crippen molar-refractivity contribution in [2.24, 2.45) is 0 Å². The fourth-order valence-electron chi connectivity index (χ4n) is 4.15. The van der Waals surface area contributed by atoms with Crippen LogP contribution in [-0.2, 0) is 21.3 Å². The second kappa shape index (κ2) is 7.87. The van der Waals surface area contributed by atoms with Gasteiger partial charge in [-0.2, -0.15) is 5.10 Å². The number of alkyl halides is 2. The maximum absolute atomic E-state index is 12.7. The minimum atomic E-state index is -3.82. The van der Waals surface area contributed by atoms with Crippen LogP contribution in [0.1, 0.15) is 32.6 Å². The van der Waals surface area contributed by atoms with E-state index in [1.54, 1.807) is 0 Å². The van der Waals surface area contributed by atoms with Gasteiger partial charge in [-0.3, -0.25) is 9.58 Å². The normalized spacial score (nSPS) is 22.8. The van der Waals surface area contributed by atoms with Crippen LogP contribution in [0.15, 0.2) is 17.3 Å². The molecule has 7 nitrogen and oxygen atoms in total. The summed E-state index contributed by atoms with van der Waals surface area (Å²) in [5.41, 5.74) is -0.226. The van der Waals surface area contributed by atoms with Gasteiger partial charge in [-0.15, -0.1) is 0 Å². The van der Waals surface area contributed by atoms with Crippen molar-refractivity contribution in [1.82, 2.24) is 19.4 Å². The van der Waals surface area contributed by atoms with Crippen LogP contribution in [0, 0.1) is 0 Å². The molecule has 2 heterocycles. The molecule has 1 N–H and O–H groups in total. The first-order valence-corrected chi connectivity index (χ1v) is 10.5. The van der Waals surface area contributed by atoms with Crippen molar-refractivity contribution < 1.29 is 21.9 Å². The molecule has 1 aromatic rings. The zero-order valence-electron chi connectivity index (χ0n) is 14.9. The SMILES string of the molecule is C[C@H](NS(=O)(=O)c1cnn(CC(F)F)c1)C1(N2CCOCC2)CCCC1. The second-order valence-corrected chi connectivity index (χ2v) is 8.76. The van der Waals surface area contributed by atoms with Crippen LogP contribution in [0.25, 0.3) is 0 Å². The van der Waals surface area contributed by atoms with Gasteiger partial charge >= 0.3 is 0 Å². The van der Waals surface area contributed by atoms with E-state index in [0.717, 1.165) is 55.8 Å². The summed E-state index contributed by atoms with van der Waals surface area (Å²) in [7, 11) is -3.82. The summed E-state index contributed by atoms with van der Waals surface area (Å²) in [6.45, 7) is 4.16. The van der Waals surface area contributed by atoms with Crippen LogP contribution in [-0.4, -0.2) is 67.4 Å². The van der Waals surface area contributed by atoms with Gasteiger partial charge in [-0.25, -0.2) is 21.9 Å². The van der Waals surface area contributed by atoms with Crippen LogP contribution in [0.2, 0.25) is 0 Å². The highest BCUT2D eigenvalue weighted by atomic mass is 32.2. The van der Waals surface area contributed by atoms with Gasteiger partial charge in [-0.1, -0.05) is 12.8 Å². The number of hydrogen-bond donors (Lipinski definition) is 1. The number of rotatable bonds is 7. The van der Waals surface area contributed by atoms with Crippen molar-refractivity contribution in [3.05, 3.63) is 12.4 Å². The topological polar surface area (TPSA) is 76.5 Å². The summed E-state index contributed by atoms with van der Waals surface area (Å²) in [4.78, 5) is 2.26. The van der Waals surface area contributed by atoms with Crippen LogP contribution in [0.3, 0.4) is 0 Å². The highest BCUT2D eigenvalue weighted by Gasteiger charge is 2.45. The second-order valence-electron chi connectivity index (χ2n) is 7.04. The third kappa shape index (κ3) is 4.08. The fourth-order valence-corrected chi connectivity index (χ4v) is 5.42. The average molecular weight is 392 g/mol. The lowest BCUT2D eigenvalue weighted by atomic mass is 9.87. The largest absolute Gasteiger partial charge is 0.379 e. The molecule has 1 saturated carbocycles. The summed E-state index contributed by atoms with van der Waals surface area (Å²) in [6, 6.07) is -0.299. The van der Waals surface area contributed by atoms with Crippen molar-refractivity contribution in [2.45, 2.75) is 62.1 Å². The molecule has 0 amide bonds. The monoisotopic (exact) mass is 392 g/mol. The van der Waals surface area contributed by atoms with E-state index in [9.17, 15) is 17.2 Å². The van der Waals surface area contributed by atoms with Crippen molar-refractivity contribution in [3.8, 4) is 0 Å². The summed E-state index contributed by atoms with van der Waals surface area (Å²) in [5, 5.41) is 3.73. The molecule has 26 heavy (non-hydrogen) atoms. The zero-order valence-corrected chi connectivity index (χ0v) is 15.7. The van der Waals surface area contributed by atoms with Crippen molar-refractivity contribution in [1.29, 1.82) is 0 Å². The highest BCUT2D eigenvalue weighted by molar-refractivity contribution is 7.89. The lowest BCUT2D eigenvalue weighted by molar-refractivity contribution is -0.0304. The molecule has 148 valence electrons. The summed E-state index contributed by atoms with van der Waals surface area (Å²) in [6.07, 6.45) is 3.68. The Morgan fingerprint density at radius 2 is 1.96 bits per heavy atom. The summed E-state index contributed by atoms with van der Waals surface area (Å²) in [5.74, 6) is 0. The third-order valence-electron chi connectivity index (χ3n) is 5.49. The number of halogens is 2. The number of sulfonamides is 1. The molecule has 1 aliphatic heterocycles. The molecular formula is C16H26F2N4O3S. The summed E-state index contributed by atoms with van der Waals surface area (Å²) >= 11 is 0. The van der Waals surface area contributed by atoms with Crippen molar-refractivity contribution in [2.75, 3.05) is 26.3 Å². The Morgan fingerprint density at radius 1 is 1.31 bits per heavy atom. The Morgan fingerprint density at radius 3 is 2.58 bits per heavy atom. The predicted molar refractivity (Wildman–Crippen MR) is 91.6 cm³/mol. The first kappa shape index (κ1) is 19.7. The standard InChI is InChI=1S/C16H26F2N4O3S/c1-13(16(4-2-3-5-16)21-6-8-25-9-7-21)20-26(23,24)14-10-19-22(11-14)12-15(17)18/h10-11,13,15,20H,2-9,12H2,1H3/t13-/m0/s1. The number of ether oxygens (including phenoxy) is 1. The number of hydrogen-bond acceptors (Lipinski definition) is 5. The van der Waals surface area contributed by atoms with Gasteiger partial charge in [0.1, 0.15) is 11.4 Å². The molecule has 0 radical (unpaired) electrons. The average Bonchev–Trinajstić information content (AvgIpc) is 3.25. The Kier molecular flexibility index (Phi) is 5.95. The van der Waals surface area contributed by atoms with Gasteiger partial charge < -0.3 is 4.74 Å². The number of morpholine rings is 1. The molecule has 1 aliphatic carbocycles. The van der Waals surface area contributed by atoms with E-state index in [0.29, 0.717) is 13.2 Å². The van der Waals surface area contributed by atoms with E-state index in [2.05, 4.69) is 14.7 Å². The maximum atomic E-state index is 12.7. The maximum Gasteiger partial charge on any atom is 0.257 e. The van der Waals surface area contributed by atoms with Gasteiger partial charge in [0.2, 0.25) is 10.0 Å². The third-order valence-corrected chi connectivity index (χ3v) is 6.99. The molecule has 0 aromatic carbocycles. The molecule has 1 aromatic heterocycles. The smallest absolute Gasteiger partial charge is 0.257 e. The van der Waals surface area contributed by atoms with E-state index in [-0.39, 0.29) is 16.5 Å². The molecule has 0 unspecified atom stereocenters. The van der Waals surface area contributed by atoms with Gasteiger partial charge in [0.15, 0.2) is 0 Å². The molecular weight excluding hydrogens is 366 g/mol. The minimum absolute atomic E-state index is 0.0832. The molecule has 1 atom stereocenters. The molecule has 1 saturated heterocycles. The van der Waals surface area contributed by atoms with E-state index < -0.39 is 23.0 Å². The first-order valence-electron chi connectivity index (χ1n) is 8.99. The Balaban J connectivity index is 1.75. The molecule has 2 fully saturated rings. The lowest BCUT2D eigenvalue weighted by Gasteiger charge is -2.47. The van der Waals surface area contributed by atoms with Crippen molar-refractivity contribution in [3.63, 3.8) is 0 Å². The van der Waals surface area contributed by atoms with Crippen LogP contribution in [0.5, 0.6) is 0 Å². The van der Waals surface area contributed by atoms with E-state index in [1.165, 1.54) is 0 Å². The van der Waals surface area contributed by atoms with Gasteiger partial charge in [-0.05, 0) is 19.8 Å². The molecule has 0 spiro atoms. The molecule has 2 aliphatic rings. The quantitative estimate of drug-likeness (QED) is 0.760. The van der Waals surface area contributed by atoms with Gasteiger partial charge in [0, 0.05) is 30.9 Å². The van der Waals surface area contributed by atoms with Gasteiger partial charge in [0.25, 0.3) is 6.43 Å². The van der Waals surface area contributed by atoms with E-state index in [4.69, 9.17) is 4.74 Å². The Hall–Kier alpha value is -1.10. The minimum Gasteiger partial charge on any atom is -0.379 e. The van der Waals surface area contributed by atoms with Crippen LogP contribution >= 0.6 is 0 Å². The number of aromatic nitrogens is 2. The fraction of sp³-hybridized carbons (Fsp3) is 0.812. The first-order chi connectivity index (χ1) is 12.3.